The number of aryl methyl sites for hydroxylation is 1. The van der Waals surface area contributed by atoms with E-state index < -0.39 is 0 Å². The van der Waals surface area contributed by atoms with Gasteiger partial charge in [0.1, 0.15) is 6.10 Å². The molecular weight excluding hydrogens is 208 g/mol. The first-order valence-corrected chi connectivity index (χ1v) is 6.27. The highest BCUT2D eigenvalue weighted by molar-refractivity contribution is 7.09. The van der Waals surface area contributed by atoms with E-state index in [4.69, 9.17) is 4.74 Å². The summed E-state index contributed by atoms with van der Waals surface area (Å²) in [7, 11) is 1.64. The van der Waals surface area contributed by atoms with Gasteiger partial charge in [0.15, 0.2) is 5.78 Å². The smallest absolute Gasteiger partial charge is 0.162 e. The van der Waals surface area contributed by atoms with Crippen molar-refractivity contribution in [2.45, 2.75) is 31.8 Å². The molecule has 0 aromatic carbocycles. The fourth-order valence-corrected chi connectivity index (χ4v) is 2.54. The molecule has 1 aromatic heterocycles. The summed E-state index contributed by atoms with van der Waals surface area (Å²) in [6.45, 7) is 0. The number of carbonyl (C=O) groups is 1. The highest BCUT2D eigenvalue weighted by Crippen LogP contribution is 2.35. The van der Waals surface area contributed by atoms with E-state index in [1.54, 1.807) is 18.4 Å². The Morgan fingerprint density at radius 3 is 3.00 bits per heavy atom. The van der Waals surface area contributed by atoms with Crippen molar-refractivity contribution in [2.75, 3.05) is 7.11 Å². The molecule has 1 unspecified atom stereocenters. The molecule has 1 saturated carbocycles. The fourth-order valence-electron chi connectivity index (χ4n) is 1.83. The molecule has 2 rings (SSSR count). The lowest BCUT2D eigenvalue weighted by Crippen LogP contribution is -2.25. The zero-order valence-electron chi connectivity index (χ0n) is 8.94. The van der Waals surface area contributed by atoms with Crippen LogP contribution in [-0.4, -0.2) is 19.0 Å². The Hall–Kier alpha value is -0.670. The number of Topliss-reactive ketones (excluding diaryl/α,β-unsaturated/α-hetero) is 1. The van der Waals surface area contributed by atoms with Gasteiger partial charge in [0.05, 0.1) is 0 Å². The van der Waals surface area contributed by atoms with Crippen LogP contribution in [0, 0.1) is 5.92 Å². The maximum atomic E-state index is 11.8. The summed E-state index contributed by atoms with van der Waals surface area (Å²) >= 11 is 1.72. The Kier molecular flexibility index (Phi) is 3.54. The molecule has 0 N–H and O–H groups in total. The number of ketones is 1. The molecule has 0 radical (unpaired) electrons. The largest absolute Gasteiger partial charge is 0.373 e. The van der Waals surface area contributed by atoms with Gasteiger partial charge >= 0.3 is 0 Å². The van der Waals surface area contributed by atoms with Gasteiger partial charge in [-0.15, -0.1) is 11.3 Å². The van der Waals surface area contributed by atoms with Gasteiger partial charge in [-0.25, -0.2) is 0 Å². The van der Waals surface area contributed by atoms with Gasteiger partial charge in [-0.1, -0.05) is 6.07 Å². The van der Waals surface area contributed by atoms with Crippen LogP contribution in [0.25, 0.3) is 0 Å². The normalized spacial score (nSPS) is 17.7. The first-order chi connectivity index (χ1) is 7.31. The summed E-state index contributed by atoms with van der Waals surface area (Å²) in [6.07, 6.45) is 3.66. The van der Waals surface area contributed by atoms with Crippen LogP contribution in [0.15, 0.2) is 17.5 Å². The third kappa shape index (κ3) is 2.89. The van der Waals surface area contributed by atoms with Gasteiger partial charge in [0, 0.05) is 18.4 Å². The molecule has 0 spiro atoms. The Bertz CT molecular complexity index is 314. The quantitative estimate of drug-likeness (QED) is 0.742. The van der Waals surface area contributed by atoms with E-state index in [0.29, 0.717) is 12.3 Å². The average Bonchev–Trinajstić information content (AvgIpc) is 2.93. The lowest BCUT2D eigenvalue weighted by molar-refractivity contribution is -0.129. The molecule has 1 atom stereocenters. The minimum Gasteiger partial charge on any atom is -0.373 e. The van der Waals surface area contributed by atoms with Crippen molar-refractivity contribution in [2.24, 2.45) is 5.92 Å². The van der Waals surface area contributed by atoms with Crippen LogP contribution < -0.4 is 0 Å². The van der Waals surface area contributed by atoms with Gasteiger partial charge in [-0.3, -0.25) is 4.79 Å². The summed E-state index contributed by atoms with van der Waals surface area (Å²) in [5.74, 6) is 0.777. The molecule has 1 aliphatic rings. The maximum absolute atomic E-state index is 11.8. The summed E-state index contributed by atoms with van der Waals surface area (Å²) in [5, 5.41) is 2.05. The van der Waals surface area contributed by atoms with E-state index in [0.717, 1.165) is 19.3 Å². The van der Waals surface area contributed by atoms with Crippen LogP contribution in [0.1, 0.15) is 24.1 Å². The zero-order chi connectivity index (χ0) is 10.7. The summed E-state index contributed by atoms with van der Waals surface area (Å²) < 4.78 is 5.26. The van der Waals surface area contributed by atoms with Crippen molar-refractivity contribution in [3.05, 3.63) is 22.4 Å². The molecule has 1 aliphatic carbocycles. The minimum absolute atomic E-state index is 0.134. The summed E-state index contributed by atoms with van der Waals surface area (Å²) in [4.78, 5) is 13.1. The standard InChI is InChI=1S/C12H16O2S/c1-14-12(9-4-5-9)11(13)7-6-10-3-2-8-15-10/h2-3,8-9,12H,4-7H2,1H3. The third-order valence-corrected chi connectivity index (χ3v) is 3.76. The van der Waals surface area contributed by atoms with Crippen molar-refractivity contribution >= 4 is 17.1 Å². The molecule has 0 saturated heterocycles. The van der Waals surface area contributed by atoms with E-state index in [2.05, 4.69) is 11.4 Å². The monoisotopic (exact) mass is 224 g/mol. The van der Waals surface area contributed by atoms with Crippen LogP contribution in [0.2, 0.25) is 0 Å². The van der Waals surface area contributed by atoms with E-state index in [1.165, 1.54) is 4.88 Å². The van der Waals surface area contributed by atoms with Crippen LogP contribution in [0.3, 0.4) is 0 Å². The Morgan fingerprint density at radius 2 is 2.47 bits per heavy atom. The second-order valence-corrected chi connectivity index (χ2v) is 5.07. The van der Waals surface area contributed by atoms with E-state index >= 15 is 0 Å². The average molecular weight is 224 g/mol. The summed E-state index contributed by atoms with van der Waals surface area (Å²) in [6, 6.07) is 4.11. The van der Waals surface area contributed by atoms with E-state index in [1.807, 2.05) is 6.07 Å². The molecule has 2 nitrogen and oxygen atoms in total. The van der Waals surface area contributed by atoms with Crippen molar-refractivity contribution in [3.63, 3.8) is 0 Å². The van der Waals surface area contributed by atoms with Crippen molar-refractivity contribution < 1.29 is 9.53 Å². The molecule has 1 fully saturated rings. The lowest BCUT2D eigenvalue weighted by Gasteiger charge is -2.12. The van der Waals surface area contributed by atoms with Gasteiger partial charge in [0.25, 0.3) is 0 Å². The highest BCUT2D eigenvalue weighted by atomic mass is 32.1. The second-order valence-electron chi connectivity index (χ2n) is 4.04. The zero-order valence-corrected chi connectivity index (χ0v) is 9.76. The van der Waals surface area contributed by atoms with Crippen LogP contribution in [0.5, 0.6) is 0 Å². The predicted octanol–water partition coefficient (Wildman–Crippen LogP) is 2.67. The molecule has 3 heteroatoms. The predicted molar refractivity (Wildman–Crippen MR) is 61.2 cm³/mol. The van der Waals surface area contributed by atoms with Gasteiger partial charge in [-0.05, 0) is 36.6 Å². The number of hydrogen-bond acceptors (Lipinski definition) is 3. The molecule has 1 heterocycles. The van der Waals surface area contributed by atoms with Crippen molar-refractivity contribution in [3.8, 4) is 0 Å². The number of rotatable bonds is 6. The van der Waals surface area contributed by atoms with Crippen LogP contribution in [-0.2, 0) is 16.0 Å². The molecular formula is C12H16O2S. The topological polar surface area (TPSA) is 26.3 Å². The third-order valence-electron chi connectivity index (χ3n) is 2.82. The van der Waals surface area contributed by atoms with Crippen molar-refractivity contribution in [1.29, 1.82) is 0 Å². The summed E-state index contributed by atoms with van der Waals surface area (Å²) in [5.41, 5.74) is 0. The molecule has 0 bridgehead atoms. The van der Waals surface area contributed by atoms with Crippen LogP contribution in [0.4, 0.5) is 0 Å². The van der Waals surface area contributed by atoms with Gasteiger partial charge in [0.2, 0.25) is 0 Å². The molecule has 0 amide bonds. The molecule has 82 valence electrons. The fraction of sp³-hybridized carbons (Fsp3) is 0.583. The number of thiophene rings is 1. The molecule has 15 heavy (non-hydrogen) atoms. The SMILES string of the molecule is COC(C(=O)CCc1cccs1)C1CC1. The van der Waals surface area contributed by atoms with Gasteiger partial charge in [-0.2, -0.15) is 0 Å². The lowest BCUT2D eigenvalue weighted by atomic mass is 10.1. The Labute approximate surface area is 94.3 Å². The van der Waals surface area contributed by atoms with Crippen LogP contribution >= 0.6 is 11.3 Å². The maximum Gasteiger partial charge on any atom is 0.162 e. The van der Waals surface area contributed by atoms with Gasteiger partial charge < -0.3 is 4.74 Å². The van der Waals surface area contributed by atoms with Crippen molar-refractivity contribution in [1.82, 2.24) is 0 Å². The van der Waals surface area contributed by atoms with E-state index in [9.17, 15) is 4.79 Å². The number of methoxy groups -OCH3 is 1. The number of ether oxygens (including phenoxy) is 1. The molecule has 1 aromatic rings. The molecule has 0 aliphatic heterocycles. The Morgan fingerprint density at radius 1 is 1.67 bits per heavy atom. The first-order valence-electron chi connectivity index (χ1n) is 5.39. The first kappa shape index (κ1) is 10.8. The highest BCUT2D eigenvalue weighted by Gasteiger charge is 2.35. The number of carbonyl (C=O) groups excluding carboxylic acids is 1. The Balaban J connectivity index is 1.80. The van der Waals surface area contributed by atoms with E-state index in [-0.39, 0.29) is 11.9 Å². The second kappa shape index (κ2) is 4.90. The number of hydrogen-bond donors (Lipinski definition) is 0. The minimum atomic E-state index is -0.134.